The Morgan fingerprint density at radius 3 is 2.38 bits per heavy atom. The quantitative estimate of drug-likeness (QED) is 0.753. The van der Waals surface area contributed by atoms with Gasteiger partial charge in [-0.05, 0) is 38.1 Å². The van der Waals surface area contributed by atoms with Gasteiger partial charge in [-0.3, -0.25) is 4.79 Å². The first kappa shape index (κ1) is 11.7. The van der Waals surface area contributed by atoms with Gasteiger partial charge in [-0.1, -0.05) is 0 Å². The lowest BCUT2D eigenvalue weighted by atomic mass is 10.2. The number of amides is 1. The normalized spacial score (nSPS) is 22.9. The third kappa shape index (κ3) is 2.66. The number of alkyl halides is 3. The summed E-state index contributed by atoms with van der Waals surface area (Å²) in [5.41, 5.74) is -1.93. The molecule has 2 aliphatic carbocycles. The van der Waals surface area contributed by atoms with Gasteiger partial charge in [0, 0.05) is 0 Å². The lowest BCUT2D eigenvalue weighted by Gasteiger charge is -2.20. The zero-order valence-corrected chi connectivity index (χ0v) is 8.86. The van der Waals surface area contributed by atoms with E-state index >= 15 is 0 Å². The minimum atomic E-state index is -4.32. The van der Waals surface area contributed by atoms with Crippen LogP contribution in [0.15, 0.2) is 0 Å². The van der Waals surface area contributed by atoms with E-state index in [1.54, 1.807) is 0 Å². The predicted octanol–water partition coefficient (Wildman–Crippen LogP) is 1.20. The summed E-state index contributed by atoms with van der Waals surface area (Å²) in [6.45, 7) is 0.709. The number of halogens is 3. The second kappa shape index (κ2) is 3.91. The van der Waals surface area contributed by atoms with Crippen LogP contribution in [-0.2, 0) is 4.79 Å². The molecule has 2 aliphatic rings. The molecule has 0 saturated heterocycles. The van der Waals surface area contributed by atoms with Crippen molar-refractivity contribution < 1.29 is 18.0 Å². The SMILES string of the molecule is O=C(CNCC1CC1)NC1(C(F)(F)F)CC1. The Morgan fingerprint density at radius 2 is 1.94 bits per heavy atom. The summed E-state index contributed by atoms with van der Waals surface area (Å²) in [4.78, 5) is 11.3. The molecule has 0 aromatic carbocycles. The van der Waals surface area contributed by atoms with Crippen molar-refractivity contribution >= 4 is 5.91 Å². The number of carbonyl (C=O) groups excluding carboxylic acids is 1. The van der Waals surface area contributed by atoms with Gasteiger partial charge >= 0.3 is 6.18 Å². The molecule has 0 aromatic heterocycles. The molecule has 0 aromatic rings. The highest BCUT2D eigenvalue weighted by atomic mass is 19.4. The fourth-order valence-corrected chi connectivity index (χ4v) is 1.63. The Kier molecular flexibility index (Phi) is 2.86. The summed E-state index contributed by atoms with van der Waals surface area (Å²) in [6.07, 6.45) is -2.00. The van der Waals surface area contributed by atoms with Crippen molar-refractivity contribution in [3.63, 3.8) is 0 Å². The lowest BCUT2D eigenvalue weighted by molar-refractivity contribution is -0.170. The van der Waals surface area contributed by atoms with Crippen LogP contribution in [0.25, 0.3) is 0 Å². The fourth-order valence-electron chi connectivity index (χ4n) is 1.63. The Labute approximate surface area is 91.8 Å². The summed E-state index contributed by atoms with van der Waals surface area (Å²) < 4.78 is 37.4. The third-order valence-electron chi connectivity index (χ3n) is 3.09. The summed E-state index contributed by atoms with van der Waals surface area (Å²) in [6, 6.07) is 0. The molecule has 0 atom stereocenters. The second-order valence-corrected chi connectivity index (χ2v) is 4.70. The van der Waals surface area contributed by atoms with Gasteiger partial charge < -0.3 is 10.6 Å². The molecule has 0 heterocycles. The number of hydrogen-bond donors (Lipinski definition) is 2. The van der Waals surface area contributed by atoms with E-state index in [1.807, 2.05) is 0 Å². The molecule has 0 radical (unpaired) electrons. The first-order chi connectivity index (χ1) is 7.43. The van der Waals surface area contributed by atoms with Crippen molar-refractivity contribution in [3.8, 4) is 0 Å². The van der Waals surface area contributed by atoms with Gasteiger partial charge in [0.1, 0.15) is 5.54 Å². The minimum Gasteiger partial charge on any atom is -0.341 e. The molecule has 6 heteroatoms. The van der Waals surface area contributed by atoms with Crippen LogP contribution in [0.4, 0.5) is 13.2 Å². The van der Waals surface area contributed by atoms with E-state index in [4.69, 9.17) is 0 Å². The van der Waals surface area contributed by atoms with Crippen LogP contribution in [0.3, 0.4) is 0 Å². The molecule has 2 saturated carbocycles. The number of carbonyl (C=O) groups is 1. The summed E-state index contributed by atoms with van der Waals surface area (Å²) >= 11 is 0. The van der Waals surface area contributed by atoms with Gasteiger partial charge in [0.25, 0.3) is 0 Å². The maximum atomic E-state index is 12.5. The fraction of sp³-hybridized carbons (Fsp3) is 0.900. The Hall–Kier alpha value is -0.780. The highest BCUT2D eigenvalue weighted by Gasteiger charge is 2.64. The molecule has 0 aliphatic heterocycles. The van der Waals surface area contributed by atoms with E-state index in [2.05, 4.69) is 10.6 Å². The maximum absolute atomic E-state index is 12.5. The van der Waals surface area contributed by atoms with Gasteiger partial charge in [-0.15, -0.1) is 0 Å². The van der Waals surface area contributed by atoms with Crippen LogP contribution in [0.2, 0.25) is 0 Å². The van der Waals surface area contributed by atoms with E-state index in [0.29, 0.717) is 5.92 Å². The van der Waals surface area contributed by atoms with E-state index in [1.165, 1.54) is 0 Å². The molecule has 1 amide bonds. The molecule has 0 unspecified atom stereocenters. The van der Waals surface area contributed by atoms with Gasteiger partial charge in [-0.25, -0.2) is 0 Å². The van der Waals surface area contributed by atoms with Crippen LogP contribution in [0.5, 0.6) is 0 Å². The van der Waals surface area contributed by atoms with Gasteiger partial charge in [0.15, 0.2) is 0 Å². The molecule has 16 heavy (non-hydrogen) atoms. The lowest BCUT2D eigenvalue weighted by Crippen LogP contribution is -2.50. The Bertz CT molecular complexity index is 282. The van der Waals surface area contributed by atoms with Crippen LogP contribution in [-0.4, -0.2) is 30.7 Å². The second-order valence-electron chi connectivity index (χ2n) is 4.70. The average molecular weight is 236 g/mol. The van der Waals surface area contributed by atoms with E-state index in [-0.39, 0.29) is 19.4 Å². The molecule has 3 nitrogen and oxygen atoms in total. The zero-order valence-electron chi connectivity index (χ0n) is 8.86. The molecule has 2 rings (SSSR count). The van der Waals surface area contributed by atoms with Crippen molar-refractivity contribution in [2.24, 2.45) is 5.92 Å². The first-order valence-electron chi connectivity index (χ1n) is 5.51. The maximum Gasteiger partial charge on any atom is 0.411 e. The highest BCUT2D eigenvalue weighted by molar-refractivity contribution is 5.79. The number of nitrogens with one attached hydrogen (secondary N) is 2. The van der Waals surface area contributed by atoms with Crippen LogP contribution >= 0.6 is 0 Å². The van der Waals surface area contributed by atoms with Crippen LogP contribution < -0.4 is 10.6 Å². The molecule has 2 N–H and O–H groups in total. The zero-order chi connectivity index (χ0) is 11.8. The van der Waals surface area contributed by atoms with Crippen molar-refractivity contribution in [3.05, 3.63) is 0 Å². The molecular weight excluding hydrogens is 221 g/mol. The topological polar surface area (TPSA) is 41.1 Å². The van der Waals surface area contributed by atoms with Crippen LogP contribution in [0.1, 0.15) is 25.7 Å². The summed E-state index contributed by atoms with van der Waals surface area (Å²) in [5.74, 6) is 0.0563. The van der Waals surface area contributed by atoms with Crippen molar-refractivity contribution in [2.75, 3.05) is 13.1 Å². The Balaban J connectivity index is 1.70. The van der Waals surface area contributed by atoms with E-state index in [9.17, 15) is 18.0 Å². The molecule has 0 spiro atoms. The molecule has 0 bridgehead atoms. The van der Waals surface area contributed by atoms with Crippen molar-refractivity contribution in [2.45, 2.75) is 37.4 Å². The van der Waals surface area contributed by atoms with Gasteiger partial charge in [0.2, 0.25) is 5.91 Å². The summed E-state index contributed by atoms with van der Waals surface area (Å²) in [5, 5.41) is 4.94. The van der Waals surface area contributed by atoms with Gasteiger partial charge in [0.05, 0.1) is 6.54 Å². The summed E-state index contributed by atoms with van der Waals surface area (Å²) in [7, 11) is 0. The monoisotopic (exact) mass is 236 g/mol. The average Bonchev–Trinajstić information content (AvgIpc) is 2.94. The predicted molar refractivity (Wildman–Crippen MR) is 51.8 cm³/mol. The van der Waals surface area contributed by atoms with Gasteiger partial charge in [-0.2, -0.15) is 13.2 Å². The molecular formula is C10H15F3N2O. The van der Waals surface area contributed by atoms with Crippen molar-refractivity contribution in [1.29, 1.82) is 0 Å². The van der Waals surface area contributed by atoms with Crippen molar-refractivity contribution in [1.82, 2.24) is 10.6 Å². The smallest absolute Gasteiger partial charge is 0.341 e. The van der Waals surface area contributed by atoms with E-state index < -0.39 is 17.6 Å². The molecule has 92 valence electrons. The standard InChI is InChI=1S/C10H15F3N2O/c11-10(12,13)9(3-4-9)15-8(16)6-14-5-7-1-2-7/h7,14H,1-6H2,(H,15,16). The number of hydrogen-bond acceptors (Lipinski definition) is 2. The third-order valence-corrected chi connectivity index (χ3v) is 3.09. The minimum absolute atomic E-state index is 0.00483. The first-order valence-corrected chi connectivity index (χ1v) is 5.51. The van der Waals surface area contributed by atoms with Crippen LogP contribution in [0, 0.1) is 5.92 Å². The molecule has 2 fully saturated rings. The number of rotatable bonds is 5. The highest BCUT2D eigenvalue weighted by Crippen LogP contribution is 2.48. The van der Waals surface area contributed by atoms with E-state index in [0.717, 1.165) is 19.4 Å². The Morgan fingerprint density at radius 1 is 1.31 bits per heavy atom. The largest absolute Gasteiger partial charge is 0.411 e.